The van der Waals surface area contributed by atoms with Crippen LogP contribution in [-0.2, 0) is 18.3 Å². The normalized spacial score (nSPS) is 13.3. The van der Waals surface area contributed by atoms with Crippen molar-refractivity contribution < 1.29 is 0 Å². The molecule has 0 fully saturated rings. The lowest BCUT2D eigenvalue weighted by atomic mass is 9.84. The van der Waals surface area contributed by atoms with E-state index < -0.39 is 0 Å². The maximum absolute atomic E-state index is 3.35. The second kappa shape index (κ2) is 4.84. The van der Waals surface area contributed by atoms with E-state index in [0.29, 0.717) is 0 Å². The van der Waals surface area contributed by atoms with Crippen LogP contribution < -0.4 is 0 Å². The lowest BCUT2D eigenvalue weighted by Gasteiger charge is -2.21. The molecule has 0 saturated carbocycles. The van der Waals surface area contributed by atoms with Gasteiger partial charge in [-0.15, -0.1) is 0 Å². The van der Waals surface area contributed by atoms with E-state index in [1.54, 1.807) is 0 Å². The fourth-order valence-corrected chi connectivity index (χ4v) is 2.65. The van der Waals surface area contributed by atoms with Gasteiger partial charge in [-0.2, -0.15) is 0 Å². The Balaban J connectivity index is 2.07. The van der Waals surface area contributed by atoms with Crippen molar-refractivity contribution in [3.05, 3.63) is 70.3 Å². The highest BCUT2D eigenvalue weighted by Gasteiger charge is 2.16. The molecule has 0 aromatic heterocycles. The number of fused-ring (bicyclic) bond motifs is 2. The van der Waals surface area contributed by atoms with Crippen molar-refractivity contribution >= 4 is 0 Å². The summed E-state index contributed by atoms with van der Waals surface area (Å²) in [6.07, 6.45) is 2.15. The third-order valence-corrected chi connectivity index (χ3v) is 3.98. The second-order valence-electron chi connectivity index (χ2n) is 6.53. The first kappa shape index (κ1) is 13.0. The predicted octanol–water partition coefficient (Wildman–Crippen LogP) is 4.48. The monoisotopic (exact) mass is 260 g/mol. The number of hydrogen-bond acceptors (Lipinski definition) is 0. The van der Waals surface area contributed by atoms with Crippen LogP contribution in [0.5, 0.6) is 0 Å². The minimum Gasteiger partial charge on any atom is -0.0619 e. The summed E-state index contributed by atoms with van der Waals surface area (Å²) in [6.45, 7) is 6.79. The van der Waals surface area contributed by atoms with Crippen LogP contribution in [0.4, 0.5) is 0 Å². The highest BCUT2D eigenvalue weighted by atomic mass is 14.2. The van der Waals surface area contributed by atoms with Gasteiger partial charge in [0.1, 0.15) is 0 Å². The number of hydrogen-bond donors (Lipinski definition) is 0. The summed E-state index contributed by atoms with van der Waals surface area (Å²) >= 11 is 0. The van der Waals surface area contributed by atoms with Gasteiger partial charge in [0, 0.05) is 11.1 Å². The molecule has 0 aliphatic heterocycles. The number of benzene rings is 2. The Bertz CT molecular complexity index is 703. The molecule has 0 N–H and O–H groups in total. The van der Waals surface area contributed by atoms with E-state index in [0.717, 1.165) is 12.8 Å². The smallest absolute Gasteiger partial charge is 0.0281 e. The first-order chi connectivity index (χ1) is 9.54. The van der Waals surface area contributed by atoms with Gasteiger partial charge in [0.2, 0.25) is 0 Å². The summed E-state index contributed by atoms with van der Waals surface area (Å²) < 4.78 is 0. The van der Waals surface area contributed by atoms with E-state index in [-0.39, 0.29) is 5.41 Å². The Labute approximate surface area is 121 Å². The van der Waals surface area contributed by atoms with Gasteiger partial charge in [0.05, 0.1) is 0 Å². The van der Waals surface area contributed by atoms with Crippen LogP contribution in [0.2, 0.25) is 0 Å². The maximum atomic E-state index is 3.35. The van der Waals surface area contributed by atoms with E-state index in [1.165, 1.54) is 27.8 Å². The van der Waals surface area contributed by atoms with E-state index in [4.69, 9.17) is 0 Å². The lowest BCUT2D eigenvalue weighted by molar-refractivity contribution is 0.589. The molecule has 100 valence electrons. The van der Waals surface area contributed by atoms with Crippen molar-refractivity contribution in [1.29, 1.82) is 0 Å². The molecule has 0 atom stereocenters. The van der Waals surface area contributed by atoms with Gasteiger partial charge in [0.25, 0.3) is 0 Å². The zero-order valence-corrected chi connectivity index (χ0v) is 12.5. The molecular weight excluding hydrogens is 240 g/mol. The molecule has 1 aliphatic rings. The minimum absolute atomic E-state index is 0.197. The molecule has 0 bridgehead atoms. The summed E-state index contributed by atoms with van der Waals surface area (Å²) in [5.74, 6) is 6.68. The first-order valence-corrected chi connectivity index (χ1v) is 7.27. The van der Waals surface area contributed by atoms with Crippen molar-refractivity contribution in [3.63, 3.8) is 0 Å². The van der Waals surface area contributed by atoms with Gasteiger partial charge in [0.15, 0.2) is 0 Å². The lowest BCUT2D eigenvalue weighted by Crippen LogP contribution is -2.12. The van der Waals surface area contributed by atoms with Crippen molar-refractivity contribution in [2.75, 3.05) is 0 Å². The third kappa shape index (κ3) is 2.49. The Hall–Kier alpha value is -2.00. The molecule has 0 amide bonds. The number of rotatable bonds is 0. The van der Waals surface area contributed by atoms with E-state index in [9.17, 15) is 0 Å². The molecule has 2 aromatic carbocycles. The molecule has 0 radical (unpaired) electrons. The van der Waals surface area contributed by atoms with Gasteiger partial charge in [-0.3, -0.25) is 0 Å². The van der Waals surface area contributed by atoms with Crippen LogP contribution in [0.3, 0.4) is 0 Å². The topological polar surface area (TPSA) is 0 Å². The Morgan fingerprint density at radius 1 is 0.800 bits per heavy atom. The summed E-state index contributed by atoms with van der Waals surface area (Å²) in [7, 11) is 0. The van der Waals surface area contributed by atoms with Gasteiger partial charge in [-0.25, -0.2) is 0 Å². The fraction of sp³-hybridized carbons (Fsp3) is 0.300. The van der Waals surface area contributed by atoms with Crippen LogP contribution >= 0.6 is 0 Å². The van der Waals surface area contributed by atoms with Gasteiger partial charge >= 0.3 is 0 Å². The zero-order valence-electron chi connectivity index (χ0n) is 12.5. The van der Waals surface area contributed by atoms with Crippen molar-refractivity contribution in [2.24, 2.45) is 0 Å². The van der Waals surface area contributed by atoms with Crippen LogP contribution in [0.15, 0.2) is 42.5 Å². The highest BCUT2D eigenvalue weighted by molar-refractivity contribution is 5.52. The van der Waals surface area contributed by atoms with E-state index in [2.05, 4.69) is 75.1 Å². The molecule has 0 spiro atoms. The van der Waals surface area contributed by atoms with Crippen LogP contribution in [0.25, 0.3) is 0 Å². The second-order valence-corrected chi connectivity index (χ2v) is 6.53. The average molecular weight is 260 g/mol. The molecule has 0 heteroatoms. The fourth-order valence-electron chi connectivity index (χ4n) is 2.65. The molecule has 1 aliphatic carbocycles. The van der Waals surface area contributed by atoms with E-state index >= 15 is 0 Å². The molecule has 0 unspecified atom stereocenters. The summed E-state index contributed by atoms with van der Waals surface area (Å²) in [6, 6.07) is 15.3. The number of aryl methyl sites for hydroxylation is 2. The van der Waals surface area contributed by atoms with Crippen LogP contribution in [0, 0.1) is 11.8 Å². The van der Waals surface area contributed by atoms with Crippen LogP contribution in [0.1, 0.15) is 48.6 Å². The first-order valence-electron chi connectivity index (χ1n) is 7.27. The maximum Gasteiger partial charge on any atom is 0.0281 e. The quantitative estimate of drug-likeness (QED) is 0.613. The Morgan fingerprint density at radius 2 is 1.45 bits per heavy atom. The molecular formula is C20H20. The molecule has 0 nitrogen and oxygen atoms in total. The zero-order chi connectivity index (χ0) is 14.2. The summed E-state index contributed by atoms with van der Waals surface area (Å²) in [5.41, 5.74) is 6.71. The Morgan fingerprint density at radius 3 is 2.20 bits per heavy atom. The van der Waals surface area contributed by atoms with E-state index in [1.807, 2.05) is 0 Å². The largest absolute Gasteiger partial charge is 0.0619 e. The predicted molar refractivity (Wildman–Crippen MR) is 85.0 cm³/mol. The van der Waals surface area contributed by atoms with Gasteiger partial charge < -0.3 is 0 Å². The van der Waals surface area contributed by atoms with Crippen molar-refractivity contribution in [2.45, 2.75) is 39.0 Å². The highest BCUT2D eigenvalue weighted by Crippen LogP contribution is 2.26. The molecule has 0 saturated heterocycles. The SMILES string of the molecule is CC(C)(C)c1ccc2c(c1)CCc1ccccc1C#C2. The molecule has 3 rings (SSSR count). The Kier molecular flexibility index (Phi) is 3.14. The molecule has 2 aromatic rings. The van der Waals surface area contributed by atoms with Gasteiger partial charge in [-0.1, -0.05) is 62.9 Å². The molecule has 20 heavy (non-hydrogen) atoms. The van der Waals surface area contributed by atoms with Gasteiger partial charge in [-0.05, 0) is 47.1 Å². The standard InChI is InChI=1S/C20H20/c1-20(2,3)19-13-12-17-9-8-15-6-4-5-7-16(15)10-11-18(17)14-19/h4-7,12-14H,10-11H2,1-3H3. The summed E-state index contributed by atoms with van der Waals surface area (Å²) in [4.78, 5) is 0. The van der Waals surface area contributed by atoms with Crippen molar-refractivity contribution in [1.82, 2.24) is 0 Å². The third-order valence-electron chi connectivity index (χ3n) is 3.98. The summed E-state index contributed by atoms with van der Waals surface area (Å²) in [5, 5.41) is 0. The van der Waals surface area contributed by atoms with Crippen molar-refractivity contribution in [3.8, 4) is 11.8 Å². The van der Waals surface area contributed by atoms with Crippen LogP contribution in [-0.4, -0.2) is 0 Å². The minimum atomic E-state index is 0.197. The average Bonchev–Trinajstić information content (AvgIpc) is 2.40. The molecule has 0 heterocycles.